The molecule has 4 aliphatic carbocycles. The first-order valence-electron chi connectivity index (χ1n) is 11.3. The molecular formula is C23H22BrCl3N6O. The minimum absolute atomic E-state index is 0.0349. The number of rotatable bonds is 5. The largest absolute Gasteiger partial charge is 0.308 e. The van der Waals surface area contributed by atoms with E-state index in [0.29, 0.717) is 34.2 Å². The summed E-state index contributed by atoms with van der Waals surface area (Å²) in [4.78, 5) is 17.9. The van der Waals surface area contributed by atoms with Gasteiger partial charge in [-0.15, -0.1) is 5.10 Å². The van der Waals surface area contributed by atoms with Crippen molar-refractivity contribution in [3.05, 3.63) is 56.1 Å². The molecule has 11 heteroatoms. The highest BCUT2D eigenvalue weighted by atomic mass is 79.9. The lowest BCUT2D eigenvalue weighted by atomic mass is 9.46. The molecule has 34 heavy (non-hydrogen) atoms. The molecule has 1 amide bonds. The Bertz CT molecular complexity index is 1280. The number of carbonyl (C=O) groups excluding carboxylic acids is 1. The second-order valence-electron chi connectivity index (χ2n) is 10.1. The number of nitrogens with one attached hydrogen (secondary N) is 1. The zero-order valence-electron chi connectivity index (χ0n) is 18.1. The topological polar surface area (TPSA) is 77.6 Å². The SMILES string of the molecule is O=C(Nc1nn(Cc2ccc(Cl)cc2Cl)cc1Br)C12CC3CC(C1)CC(n1cnc(Cl)n1)(C3)C2. The normalized spacial score (nSPS) is 29.5. The van der Waals surface area contributed by atoms with Crippen molar-refractivity contribution >= 4 is 62.5 Å². The highest BCUT2D eigenvalue weighted by Gasteiger charge is 2.61. The number of amides is 1. The van der Waals surface area contributed by atoms with Gasteiger partial charge >= 0.3 is 0 Å². The maximum absolute atomic E-state index is 13.8. The summed E-state index contributed by atoms with van der Waals surface area (Å²) in [6.45, 7) is 0.468. The molecular weight excluding hydrogens is 563 g/mol. The van der Waals surface area contributed by atoms with Crippen molar-refractivity contribution in [1.82, 2.24) is 24.5 Å². The molecule has 7 rings (SSSR count). The van der Waals surface area contributed by atoms with Gasteiger partial charge in [0.2, 0.25) is 11.2 Å². The van der Waals surface area contributed by atoms with E-state index >= 15 is 0 Å². The molecule has 4 fully saturated rings. The molecule has 178 valence electrons. The van der Waals surface area contributed by atoms with Crippen LogP contribution in [0.2, 0.25) is 15.3 Å². The molecule has 4 saturated carbocycles. The molecule has 1 N–H and O–H groups in total. The fourth-order valence-corrected chi connectivity index (χ4v) is 7.85. The van der Waals surface area contributed by atoms with Crippen LogP contribution in [0.4, 0.5) is 5.82 Å². The van der Waals surface area contributed by atoms with Gasteiger partial charge in [0, 0.05) is 16.2 Å². The predicted octanol–water partition coefficient (Wildman–Crippen LogP) is 6.18. The quantitative estimate of drug-likeness (QED) is 0.389. The summed E-state index contributed by atoms with van der Waals surface area (Å²) in [7, 11) is 0. The molecule has 0 spiro atoms. The van der Waals surface area contributed by atoms with Gasteiger partial charge in [0.25, 0.3) is 0 Å². The van der Waals surface area contributed by atoms with Crippen LogP contribution in [-0.4, -0.2) is 30.5 Å². The van der Waals surface area contributed by atoms with Crippen LogP contribution in [0.1, 0.15) is 44.1 Å². The van der Waals surface area contributed by atoms with Gasteiger partial charge in [-0.25, -0.2) is 9.67 Å². The molecule has 7 nitrogen and oxygen atoms in total. The summed E-state index contributed by atoms with van der Waals surface area (Å²) in [5, 5.41) is 13.6. The van der Waals surface area contributed by atoms with Crippen LogP contribution in [0.25, 0.3) is 0 Å². The standard InChI is InChI=1S/C23H22BrCl3N6O/c24-17-10-32(9-15-1-2-16(25)4-18(15)26)30-19(17)29-20(34)22-5-13-3-14(6-22)8-23(7-13,11-22)33-12-28-21(27)31-33/h1-2,4,10,12-14H,3,5-9,11H2,(H,29,30,34). The van der Waals surface area contributed by atoms with Crippen molar-refractivity contribution in [3.8, 4) is 0 Å². The maximum Gasteiger partial charge on any atom is 0.242 e. The molecule has 0 saturated heterocycles. The Balaban J connectivity index is 1.24. The number of halogens is 4. The molecule has 4 bridgehead atoms. The van der Waals surface area contributed by atoms with Crippen molar-refractivity contribution in [2.24, 2.45) is 17.3 Å². The summed E-state index contributed by atoms with van der Waals surface area (Å²) in [6, 6.07) is 5.39. The number of hydrogen-bond donors (Lipinski definition) is 1. The summed E-state index contributed by atoms with van der Waals surface area (Å²) in [6.07, 6.45) is 9.35. The molecule has 2 aromatic heterocycles. The van der Waals surface area contributed by atoms with Gasteiger partial charge in [-0.1, -0.05) is 29.3 Å². The van der Waals surface area contributed by atoms with Crippen LogP contribution in [0.3, 0.4) is 0 Å². The fraction of sp³-hybridized carbons (Fsp3) is 0.478. The van der Waals surface area contributed by atoms with E-state index in [1.807, 2.05) is 16.9 Å². The van der Waals surface area contributed by atoms with Crippen molar-refractivity contribution < 1.29 is 4.79 Å². The number of benzene rings is 1. The average Bonchev–Trinajstić information content (AvgIpc) is 3.35. The average molecular weight is 585 g/mol. The Morgan fingerprint density at radius 1 is 1.15 bits per heavy atom. The Morgan fingerprint density at radius 2 is 1.91 bits per heavy atom. The first-order chi connectivity index (χ1) is 16.2. The first-order valence-corrected chi connectivity index (χ1v) is 13.2. The van der Waals surface area contributed by atoms with Gasteiger partial charge in [-0.2, -0.15) is 5.10 Å². The van der Waals surface area contributed by atoms with Crippen LogP contribution < -0.4 is 5.32 Å². The van der Waals surface area contributed by atoms with E-state index in [1.54, 1.807) is 23.1 Å². The number of carbonyl (C=O) groups is 1. The number of hydrogen-bond acceptors (Lipinski definition) is 4. The Kier molecular flexibility index (Phi) is 5.52. The molecule has 1 aromatic carbocycles. The second kappa shape index (κ2) is 8.22. The van der Waals surface area contributed by atoms with E-state index < -0.39 is 5.41 Å². The fourth-order valence-electron chi connectivity index (χ4n) is 6.85. The van der Waals surface area contributed by atoms with E-state index in [1.165, 1.54) is 6.42 Å². The Morgan fingerprint density at radius 3 is 2.59 bits per heavy atom. The minimum Gasteiger partial charge on any atom is -0.308 e. The van der Waals surface area contributed by atoms with E-state index in [0.717, 1.165) is 42.1 Å². The maximum atomic E-state index is 13.8. The highest BCUT2D eigenvalue weighted by molar-refractivity contribution is 9.10. The van der Waals surface area contributed by atoms with Gasteiger partial charge in [0.15, 0.2) is 5.82 Å². The summed E-state index contributed by atoms with van der Waals surface area (Å²) in [5.41, 5.74) is 0.266. The predicted molar refractivity (Wildman–Crippen MR) is 134 cm³/mol. The van der Waals surface area contributed by atoms with Crippen molar-refractivity contribution in [1.29, 1.82) is 0 Å². The minimum atomic E-state index is -0.439. The third kappa shape index (κ3) is 3.87. The first kappa shape index (κ1) is 22.8. The van der Waals surface area contributed by atoms with Crippen molar-refractivity contribution in [2.75, 3.05) is 5.32 Å². The molecule has 3 aromatic rings. The number of nitrogens with zero attached hydrogens (tertiary/aromatic N) is 5. The molecule has 4 aliphatic rings. The summed E-state index contributed by atoms with van der Waals surface area (Å²) in [5.74, 6) is 1.56. The third-order valence-corrected chi connectivity index (χ3v) is 9.10. The van der Waals surface area contributed by atoms with E-state index in [2.05, 4.69) is 36.4 Å². The lowest BCUT2D eigenvalue weighted by Crippen LogP contribution is -2.60. The summed E-state index contributed by atoms with van der Waals surface area (Å²) < 4.78 is 4.41. The van der Waals surface area contributed by atoms with Crippen LogP contribution >= 0.6 is 50.7 Å². The number of anilines is 1. The Hall–Kier alpha value is -1.61. The Labute approximate surface area is 220 Å². The van der Waals surface area contributed by atoms with Crippen molar-refractivity contribution in [2.45, 2.75) is 50.6 Å². The lowest BCUT2D eigenvalue weighted by molar-refractivity contribution is -0.150. The third-order valence-electron chi connectivity index (χ3n) is 7.76. The van der Waals surface area contributed by atoms with Gasteiger partial charge in [0.1, 0.15) is 6.33 Å². The zero-order chi connectivity index (χ0) is 23.7. The van der Waals surface area contributed by atoms with Crippen LogP contribution in [0, 0.1) is 17.3 Å². The van der Waals surface area contributed by atoms with Gasteiger partial charge in [-0.05, 0) is 95.6 Å². The lowest BCUT2D eigenvalue weighted by Gasteiger charge is -2.60. The van der Waals surface area contributed by atoms with E-state index in [-0.39, 0.29) is 16.7 Å². The monoisotopic (exact) mass is 582 g/mol. The van der Waals surface area contributed by atoms with E-state index in [9.17, 15) is 4.79 Å². The molecule has 2 heterocycles. The number of aromatic nitrogens is 5. The molecule has 0 radical (unpaired) electrons. The van der Waals surface area contributed by atoms with Crippen molar-refractivity contribution in [3.63, 3.8) is 0 Å². The van der Waals surface area contributed by atoms with E-state index in [4.69, 9.17) is 34.8 Å². The highest BCUT2D eigenvalue weighted by Crippen LogP contribution is 2.64. The van der Waals surface area contributed by atoms with Crippen LogP contribution in [0.5, 0.6) is 0 Å². The van der Waals surface area contributed by atoms with Gasteiger partial charge in [0.05, 0.1) is 22.0 Å². The zero-order valence-corrected chi connectivity index (χ0v) is 22.0. The van der Waals surface area contributed by atoms with Gasteiger partial charge < -0.3 is 5.32 Å². The second-order valence-corrected chi connectivity index (χ2v) is 12.2. The molecule has 2 atom stereocenters. The van der Waals surface area contributed by atoms with Gasteiger partial charge in [-0.3, -0.25) is 9.48 Å². The molecule has 0 aliphatic heterocycles. The van der Waals surface area contributed by atoms with Crippen LogP contribution in [-0.2, 0) is 16.9 Å². The summed E-state index contributed by atoms with van der Waals surface area (Å²) >= 11 is 21.9. The molecule has 2 unspecified atom stereocenters. The van der Waals surface area contributed by atoms with Crippen LogP contribution in [0.15, 0.2) is 35.2 Å². The smallest absolute Gasteiger partial charge is 0.242 e.